The second-order valence-corrected chi connectivity index (χ2v) is 48.1. The molecule has 670 valence electrons. The van der Waals surface area contributed by atoms with Crippen molar-refractivity contribution in [2.75, 3.05) is 99.5 Å². The number of carbonyl (C=O) groups excluding carboxylic acids is 8. The SMILES string of the molecule is CC(C)NC(=O)C1CN(C(=O)c2ccc(Br)c(Cl)c2)CCS1(=O)=O.O=C(NCc1ccccc1)C1CN(C(=O)c2ccc(Br)c(Cl)c2)CCS1(=O)=O.O=C(Nc1ccccc1)C1CN(C(=O)c2ccc(Br)c(Cl)c2)CCS1(=O)=O.O=C(c1ccc(Br)c(Cl)c1)N1CCS(=O)(=O)C(c2ccccc2)C1.O=C(c1ccc(Br)c(Cl)c1)N1CCS(=O)(=O)C(c2cccs2)C1. The van der Waals surface area contributed by atoms with Crippen molar-refractivity contribution in [1.82, 2.24) is 35.1 Å². The van der Waals surface area contributed by atoms with E-state index in [9.17, 15) is 80.4 Å². The first-order valence-corrected chi connectivity index (χ1v) is 53.6. The monoisotopic (exact) mass is 2250 g/mol. The lowest BCUT2D eigenvalue weighted by atomic mass is 10.1. The minimum atomic E-state index is -3.65. The zero-order valence-corrected chi connectivity index (χ0v) is 83.3. The third-order valence-corrected chi connectivity index (χ3v) is 37.6. The van der Waals surface area contributed by atoms with Crippen molar-refractivity contribution >= 4 is 251 Å². The Labute approximate surface area is 801 Å². The number of carbonyl (C=O) groups is 8. The molecule has 5 atom stereocenters. The maximum Gasteiger partial charge on any atom is 0.253 e. The van der Waals surface area contributed by atoms with Crippen molar-refractivity contribution in [3.8, 4) is 0 Å². The van der Waals surface area contributed by atoms with Crippen LogP contribution in [0.25, 0.3) is 0 Å². The summed E-state index contributed by atoms with van der Waals surface area (Å²) in [4.78, 5) is 109. The van der Waals surface area contributed by atoms with E-state index >= 15 is 0 Å². The second-order valence-electron chi connectivity index (χ2n) is 29.3. The summed E-state index contributed by atoms with van der Waals surface area (Å²) in [5, 5.41) is 6.56. The van der Waals surface area contributed by atoms with Crippen LogP contribution in [0.1, 0.15) is 92.1 Å². The summed E-state index contributed by atoms with van der Waals surface area (Å²) < 4.78 is 127. The number of para-hydroxylation sites is 1. The molecule has 5 aliphatic rings. The first kappa shape index (κ1) is 101. The maximum atomic E-state index is 12.7. The predicted octanol–water partition coefficient (Wildman–Crippen LogP) is 15.0. The van der Waals surface area contributed by atoms with Gasteiger partial charge in [0.15, 0.2) is 64.9 Å². The molecule has 5 fully saturated rings. The third kappa shape index (κ3) is 26.8. The van der Waals surface area contributed by atoms with E-state index in [0.29, 0.717) is 86.5 Å². The highest BCUT2D eigenvalue weighted by Gasteiger charge is 2.45. The molecule has 6 heterocycles. The fraction of sp³-hybridized carbons (Fsp3) is 0.286. The van der Waals surface area contributed by atoms with Crippen molar-refractivity contribution in [2.45, 2.75) is 52.7 Å². The zero-order valence-electron chi connectivity index (χ0n) is 66.6. The number of nitrogens with one attached hydrogen (secondary N) is 3. The summed E-state index contributed by atoms with van der Waals surface area (Å²) in [5.74, 6) is -4.12. The fourth-order valence-corrected chi connectivity index (χ4v) is 24.9. The van der Waals surface area contributed by atoms with E-state index in [1.54, 1.807) is 157 Å². The Morgan fingerprint density at radius 3 is 1.00 bits per heavy atom. The standard InChI is InChI=1S/C19H18BrClN2O4S.C18H16BrClN2O4S.C17H15BrClNO3S.C15H18BrClN2O4S.C15H13BrClNO3S2/c20-15-7-6-14(10-16(15)21)19(25)23-8-9-28(26,27)17(12-23)18(24)22-11-13-4-2-1-3-5-13;19-14-7-6-12(10-15(14)20)18(24)22-8-9-27(25,26)16(11-22)17(23)21-13-4-2-1-3-5-13;18-14-7-6-13(10-15(14)19)17(21)20-8-9-24(22,23)16(11-20)12-4-2-1-3-5-12;1-9(2)18-14(20)13-8-19(5-6-24(13,22)23)15(21)10-3-4-11(16)12(17)7-10;16-11-4-3-10(8-12(11)17)15(19)18-5-7-23(20,21)14(9-18)13-2-1-6-22-13/h1-7,10,17H,8-9,11-12H2,(H,22,24);1-7,10,16H,8-9,11H2,(H,21,23);1-7,10,16H,8-9,11H2;3-4,7,9,13H,5-6,8H2,1-2H3,(H,18,20);1-4,6,8,14H,5,7,9H2. The highest BCUT2D eigenvalue weighted by molar-refractivity contribution is 9.11. The van der Waals surface area contributed by atoms with E-state index < -0.39 is 93.2 Å². The summed E-state index contributed by atoms with van der Waals surface area (Å²) in [6.07, 6.45) is 0. The number of amides is 8. The molecule has 5 aliphatic heterocycles. The van der Waals surface area contributed by atoms with Crippen LogP contribution >= 0.6 is 149 Å². The smallest absolute Gasteiger partial charge is 0.253 e. The van der Waals surface area contributed by atoms with Crippen molar-refractivity contribution in [2.24, 2.45) is 0 Å². The van der Waals surface area contributed by atoms with Gasteiger partial charge in [0.2, 0.25) is 17.7 Å². The first-order valence-electron chi connectivity index (χ1n) is 38.3. The van der Waals surface area contributed by atoms with Crippen LogP contribution < -0.4 is 16.0 Å². The van der Waals surface area contributed by atoms with Crippen LogP contribution in [0.4, 0.5) is 5.69 Å². The zero-order chi connectivity index (χ0) is 91.9. The van der Waals surface area contributed by atoms with Crippen molar-refractivity contribution in [1.29, 1.82) is 0 Å². The average Bonchev–Trinajstić information content (AvgIpc) is 1.24. The molecular formula is C84H80Br5Cl5N8O18S6. The number of halogens is 10. The van der Waals surface area contributed by atoms with E-state index in [1.165, 1.54) is 44.2 Å². The number of nitrogens with zero attached hydrogens (tertiary/aromatic N) is 5. The Morgan fingerprint density at radius 2 is 0.667 bits per heavy atom. The lowest BCUT2D eigenvalue weighted by Gasteiger charge is -2.33. The van der Waals surface area contributed by atoms with Gasteiger partial charge in [0, 0.05) is 139 Å². The fourth-order valence-electron chi connectivity index (χ4n) is 13.4. The largest absolute Gasteiger partial charge is 0.353 e. The molecule has 8 aromatic carbocycles. The molecule has 0 aliphatic carbocycles. The van der Waals surface area contributed by atoms with Crippen LogP contribution in [0.3, 0.4) is 0 Å². The van der Waals surface area contributed by atoms with Gasteiger partial charge in [0.1, 0.15) is 10.5 Å². The van der Waals surface area contributed by atoms with E-state index in [2.05, 4.69) is 95.6 Å². The molecule has 0 saturated carbocycles. The first-order chi connectivity index (χ1) is 59.4. The van der Waals surface area contributed by atoms with Crippen LogP contribution in [0.2, 0.25) is 25.1 Å². The summed E-state index contributed by atoms with van der Waals surface area (Å²) >= 11 is 47.9. The third-order valence-electron chi connectivity index (χ3n) is 20.3. The van der Waals surface area contributed by atoms with Gasteiger partial charge in [-0.25, -0.2) is 42.1 Å². The van der Waals surface area contributed by atoms with Gasteiger partial charge in [-0.15, -0.1) is 11.3 Å². The number of benzene rings is 8. The molecule has 126 heavy (non-hydrogen) atoms. The van der Waals surface area contributed by atoms with Crippen LogP contribution in [-0.4, -0.2) is 230 Å². The summed E-state index contributed by atoms with van der Waals surface area (Å²) in [6, 6.07) is 54.5. The number of thiophene rings is 1. The van der Waals surface area contributed by atoms with Gasteiger partial charge in [-0.05, 0) is 219 Å². The topological polar surface area (TPSA) is 360 Å². The molecule has 1 aromatic heterocycles. The molecule has 0 bridgehead atoms. The van der Waals surface area contributed by atoms with Gasteiger partial charge >= 0.3 is 0 Å². The molecular weight excluding hydrogens is 2180 g/mol. The normalized spacial score (nSPS) is 19.5. The molecule has 0 spiro atoms. The van der Waals surface area contributed by atoms with Crippen LogP contribution in [-0.2, 0) is 70.1 Å². The van der Waals surface area contributed by atoms with E-state index in [1.807, 2.05) is 47.8 Å². The summed E-state index contributed by atoms with van der Waals surface area (Å²) in [7, 11) is -17.3. The summed E-state index contributed by atoms with van der Waals surface area (Å²) in [5.41, 5.74) is 4.02. The molecule has 5 unspecified atom stereocenters. The van der Waals surface area contributed by atoms with Gasteiger partial charge in [-0.1, -0.05) is 143 Å². The molecule has 3 N–H and O–H groups in total. The van der Waals surface area contributed by atoms with Gasteiger partial charge in [-0.3, -0.25) is 38.4 Å². The van der Waals surface area contributed by atoms with Crippen molar-refractivity contribution in [3.05, 3.63) is 291 Å². The average molecular weight is 2260 g/mol. The Balaban J connectivity index is 0.000000165. The van der Waals surface area contributed by atoms with Crippen LogP contribution in [0, 0.1) is 0 Å². The number of hydrogen-bond acceptors (Lipinski definition) is 19. The molecule has 9 aromatic rings. The minimum Gasteiger partial charge on any atom is -0.353 e. The molecule has 42 heteroatoms. The highest BCUT2D eigenvalue weighted by Crippen LogP contribution is 2.36. The molecule has 14 rings (SSSR count). The Hall–Kier alpha value is -7.18. The Morgan fingerprint density at radius 1 is 0.365 bits per heavy atom. The van der Waals surface area contributed by atoms with Crippen molar-refractivity contribution < 1.29 is 80.4 Å². The van der Waals surface area contributed by atoms with Gasteiger partial charge < -0.3 is 40.4 Å². The van der Waals surface area contributed by atoms with Crippen molar-refractivity contribution in [3.63, 3.8) is 0 Å². The van der Waals surface area contributed by atoms with Gasteiger partial charge in [-0.2, -0.15) is 0 Å². The molecule has 8 amide bonds. The lowest BCUT2D eigenvalue weighted by Crippen LogP contribution is -2.55. The lowest BCUT2D eigenvalue weighted by molar-refractivity contribution is -0.122. The molecule has 26 nitrogen and oxygen atoms in total. The predicted molar refractivity (Wildman–Crippen MR) is 508 cm³/mol. The maximum absolute atomic E-state index is 12.7. The number of hydrogen-bond donors (Lipinski definition) is 3. The van der Waals surface area contributed by atoms with Crippen LogP contribution in [0.5, 0.6) is 0 Å². The van der Waals surface area contributed by atoms with Crippen LogP contribution in [0.15, 0.2) is 222 Å². The Bertz CT molecular complexity index is 6180. The summed E-state index contributed by atoms with van der Waals surface area (Å²) in [6.45, 7) is 4.03. The minimum absolute atomic E-state index is 0.0223. The number of sulfone groups is 5. The highest BCUT2D eigenvalue weighted by atomic mass is 79.9. The Kier molecular flexibility index (Phi) is 35.8. The van der Waals surface area contributed by atoms with E-state index in [-0.39, 0.29) is 136 Å². The van der Waals surface area contributed by atoms with Gasteiger partial charge in [0.25, 0.3) is 29.5 Å². The molecule has 0 radical (unpaired) electrons. The molecule has 5 saturated heterocycles. The van der Waals surface area contributed by atoms with E-state index in [4.69, 9.17) is 58.0 Å². The second kappa shape index (κ2) is 44.6. The van der Waals surface area contributed by atoms with Gasteiger partial charge in [0.05, 0.1) is 53.9 Å². The quantitative estimate of drug-likeness (QED) is 0.0910. The van der Waals surface area contributed by atoms with E-state index in [0.717, 1.165) is 10.4 Å². The number of rotatable bonds is 14. The number of anilines is 1.